The van der Waals surface area contributed by atoms with Crippen LogP contribution in [0.5, 0.6) is 5.75 Å². The van der Waals surface area contributed by atoms with Crippen molar-refractivity contribution in [3.63, 3.8) is 0 Å². The molecule has 0 saturated carbocycles. The van der Waals surface area contributed by atoms with Crippen LogP contribution in [0.2, 0.25) is 0 Å². The lowest BCUT2D eigenvalue weighted by molar-refractivity contribution is -0.138. The molecule has 0 fully saturated rings. The van der Waals surface area contributed by atoms with Crippen LogP contribution in [0.15, 0.2) is 84.9 Å². The summed E-state index contributed by atoms with van der Waals surface area (Å²) in [6.45, 7) is 6.35. The maximum absolute atomic E-state index is 13.5. The molecule has 3 aromatic rings. The van der Waals surface area contributed by atoms with E-state index in [0.29, 0.717) is 30.7 Å². The Bertz CT molecular complexity index is 2320. The van der Waals surface area contributed by atoms with E-state index in [-0.39, 0.29) is 31.6 Å². The first-order chi connectivity index (χ1) is 34.7. The van der Waals surface area contributed by atoms with Crippen LogP contribution in [-0.2, 0) is 60.8 Å². The summed E-state index contributed by atoms with van der Waals surface area (Å²) < 4.78 is 5.19. The fraction of sp³-hybridized carbons (Fsp3) is 0.451. The van der Waals surface area contributed by atoms with Gasteiger partial charge in [-0.3, -0.25) is 47.9 Å². The lowest BCUT2D eigenvalue weighted by Crippen LogP contribution is -2.57. The van der Waals surface area contributed by atoms with Crippen LogP contribution in [0.4, 0.5) is 5.69 Å². The molecule has 0 spiro atoms. The Labute approximate surface area is 425 Å². The molecule has 3 rings (SSSR count). The summed E-state index contributed by atoms with van der Waals surface area (Å²) in [7, 11) is 1.56. The molecule has 0 radical (unpaired) electrons. The number of carboxylic acid groups (broad SMARTS) is 1. The number of aliphatic carboxylic acids is 1. The summed E-state index contributed by atoms with van der Waals surface area (Å²) in [6.07, 6.45) is 1.51. The number of carbonyl (C=O) groups is 10. The minimum absolute atomic E-state index is 0.0258. The second kappa shape index (κ2) is 31.3. The van der Waals surface area contributed by atoms with Crippen molar-refractivity contribution in [3.05, 3.63) is 96.1 Å². The van der Waals surface area contributed by atoms with Gasteiger partial charge in [0, 0.05) is 32.0 Å². The molecule has 0 aliphatic rings. The number of methoxy groups -OCH3 is 1. The van der Waals surface area contributed by atoms with Gasteiger partial charge in [0.25, 0.3) is 0 Å². The smallest absolute Gasteiger partial charge is 0.322 e. The summed E-state index contributed by atoms with van der Waals surface area (Å²) in [6, 6.07) is 18.2. The predicted octanol–water partition coefficient (Wildman–Crippen LogP) is 0.211. The number of ether oxygens (including phenoxy) is 1. The number of rotatable bonds is 31. The number of benzene rings is 3. The third kappa shape index (κ3) is 23.2. The van der Waals surface area contributed by atoms with Crippen LogP contribution >= 0.6 is 0 Å². The van der Waals surface area contributed by atoms with E-state index in [1.165, 1.54) is 20.8 Å². The van der Waals surface area contributed by atoms with E-state index < -0.39 is 115 Å². The lowest BCUT2D eigenvalue weighted by Gasteiger charge is -2.25. The van der Waals surface area contributed by atoms with Gasteiger partial charge < -0.3 is 63.0 Å². The predicted molar refractivity (Wildman–Crippen MR) is 270 cm³/mol. The van der Waals surface area contributed by atoms with Crippen LogP contribution in [0.3, 0.4) is 0 Å². The Balaban J connectivity index is 1.61. The molecule has 0 saturated heterocycles. The first-order valence-electron chi connectivity index (χ1n) is 24.0. The van der Waals surface area contributed by atoms with Crippen LogP contribution < -0.4 is 57.9 Å². The van der Waals surface area contributed by atoms with Gasteiger partial charge in [0.2, 0.25) is 53.2 Å². The van der Waals surface area contributed by atoms with Crippen molar-refractivity contribution in [3.8, 4) is 5.75 Å². The van der Waals surface area contributed by atoms with Gasteiger partial charge in [-0.1, -0.05) is 74.5 Å². The van der Waals surface area contributed by atoms with E-state index in [2.05, 4.69) is 53.2 Å². The molecule has 6 atom stereocenters. The second-order valence-electron chi connectivity index (χ2n) is 17.7. The zero-order chi connectivity index (χ0) is 53.9. The monoisotopic (exact) mass is 1010 g/mol. The molecule has 0 bridgehead atoms. The van der Waals surface area contributed by atoms with Gasteiger partial charge in [0.05, 0.1) is 20.2 Å². The molecule has 11 N–H and O–H groups in total. The largest absolute Gasteiger partial charge is 0.497 e. The van der Waals surface area contributed by atoms with Gasteiger partial charge in [0.1, 0.15) is 48.5 Å². The Hall–Kier alpha value is -8.04. The number of carbonyl (C=O) groups excluding carboxylic acids is 9. The molecule has 0 unspecified atom stereocenters. The van der Waals surface area contributed by atoms with Crippen molar-refractivity contribution in [1.82, 2.24) is 47.9 Å². The zero-order valence-corrected chi connectivity index (χ0v) is 42.1. The first-order valence-corrected chi connectivity index (χ1v) is 24.0. The molecule has 9 amide bonds. The summed E-state index contributed by atoms with van der Waals surface area (Å²) in [5, 5.41) is 35.0. The standard InChI is InChI=1S/C51H70N10O12/c1-31(2)25-40(61-51(72)42(58-34(5)62)27-36-17-11-8-12-18-36)50(71)57-32(3)46(67)53-29-44(64)59-39(19-13-14-24-52-37-20-22-38(73-6)23-21-37)48(69)54-28-43(63)56-33(4)47(68)60-41(49(70)55-30-45(65)66)26-35-15-9-7-10-16-35/h7-12,15-18,20-23,31-33,39-42,52H,13-14,19,24-30H2,1-6H3,(H,53,67)(H,54,69)(H,55,70)(H,56,63)(H,57,71)(H,58,62)(H,59,64)(H,60,68)(H,61,72)(H,65,66)/t32-,33-,39-,40-,41-,42-/m0/s1. The van der Waals surface area contributed by atoms with Crippen LogP contribution in [0.25, 0.3) is 0 Å². The topological polar surface area (TPSA) is 320 Å². The molecular formula is C51H70N10O12. The van der Waals surface area contributed by atoms with Crippen molar-refractivity contribution >= 4 is 64.8 Å². The normalized spacial score (nSPS) is 13.2. The highest BCUT2D eigenvalue weighted by molar-refractivity contribution is 5.97. The van der Waals surface area contributed by atoms with E-state index in [4.69, 9.17) is 9.84 Å². The highest BCUT2D eigenvalue weighted by Crippen LogP contribution is 2.15. The lowest BCUT2D eigenvalue weighted by atomic mass is 10.0. The van der Waals surface area contributed by atoms with Gasteiger partial charge in [-0.2, -0.15) is 0 Å². The minimum Gasteiger partial charge on any atom is -0.497 e. The van der Waals surface area contributed by atoms with E-state index in [1.54, 1.807) is 73.8 Å². The Morgan fingerprint density at radius 1 is 0.507 bits per heavy atom. The van der Waals surface area contributed by atoms with Gasteiger partial charge in [-0.05, 0) is 80.8 Å². The molecule has 0 aliphatic carbocycles. The highest BCUT2D eigenvalue weighted by Gasteiger charge is 2.30. The molecular weight excluding hydrogens is 945 g/mol. The minimum atomic E-state index is -1.28. The Morgan fingerprint density at radius 3 is 1.55 bits per heavy atom. The zero-order valence-electron chi connectivity index (χ0n) is 42.1. The second-order valence-corrected chi connectivity index (χ2v) is 17.7. The van der Waals surface area contributed by atoms with E-state index in [0.717, 1.165) is 11.3 Å². The number of unbranched alkanes of at least 4 members (excludes halogenated alkanes) is 1. The van der Waals surface area contributed by atoms with Gasteiger partial charge in [-0.25, -0.2) is 0 Å². The van der Waals surface area contributed by atoms with Crippen molar-refractivity contribution in [1.29, 1.82) is 0 Å². The van der Waals surface area contributed by atoms with Crippen molar-refractivity contribution in [2.24, 2.45) is 5.92 Å². The number of hydrogen-bond donors (Lipinski definition) is 11. The average Bonchev–Trinajstić information content (AvgIpc) is 3.35. The maximum Gasteiger partial charge on any atom is 0.322 e. The molecule has 3 aromatic carbocycles. The molecule has 396 valence electrons. The van der Waals surface area contributed by atoms with Crippen LogP contribution in [-0.4, -0.2) is 134 Å². The summed E-state index contributed by atoms with van der Waals surface area (Å²) in [4.78, 5) is 129. The van der Waals surface area contributed by atoms with Crippen LogP contribution in [0.1, 0.15) is 71.4 Å². The molecule has 22 heteroatoms. The molecule has 73 heavy (non-hydrogen) atoms. The first kappa shape index (κ1) is 59.3. The molecule has 0 aromatic heterocycles. The quantitative estimate of drug-likeness (QED) is 0.0385. The summed E-state index contributed by atoms with van der Waals surface area (Å²) >= 11 is 0. The Kier molecular flexibility index (Phi) is 25.4. The van der Waals surface area contributed by atoms with E-state index in [9.17, 15) is 47.9 Å². The third-order valence-corrected chi connectivity index (χ3v) is 11.0. The van der Waals surface area contributed by atoms with E-state index >= 15 is 0 Å². The fourth-order valence-corrected chi connectivity index (χ4v) is 7.20. The van der Waals surface area contributed by atoms with Gasteiger partial charge >= 0.3 is 5.97 Å². The SMILES string of the molecule is COc1ccc(NCCCC[C@H](NC(=O)CNC(=O)[C@H](C)NC(=O)[C@H](CC(C)C)NC(=O)[C@H](Cc2ccccc2)NC(C)=O)C(=O)NCC(=O)N[C@@H](C)C(=O)N[C@@H](Cc2ccccc2)C(=O)NCC(=O)O)cc1. The fourth-order valence-electron chi connectivity index (χ4n) is 7.20. The maximum atomic E-state index is 13.5. The van der Waals surface area contributed by atoms with Crippen LogP contribution in [0, 0.1) is 5.92 Å². The van der Waals surface area contributed by atoms with Gasteiger partial charge in [0.15, 0.2) is 0 Å². The Morgan fingerprint density at radius 2 is 1.00 bits per heavy atom. The van der Waals surface area contributed by atoms with Crippen molar-refractivity contribution in [2.75, 3.05) is 38.6 Å². The number of anilines is 1. The van der Waals surface area contributed by atoms with Crippen molar-refractivity contribution < 1.29 is 57.8 Å². The summed E-state index contributed by atoms with van der Waals surface area (Å²) in [5.74, 6) is -6.88. The number of carboxylic acids is 1. The number of nitrogens with one attached hydrogen (secondary N) is 10. The van der Waals surface area contributed by atoms with E-state index in [1.807, 2.05) is 32.0 Å². The molecule has 22 nitrogen and oxygen atoms in total. The summed E-state index contributed by atoms with van der Waals surface area (Å²) in [5.41, 5.74) is 2.30. The third-order valence-electron chi connectivity index (χ3n) is 11.0. The van der Waals surface area contributed by atoms with Crippen molar-refractivity contribution in [2.45, 2.75) is 109 Å². The highest BCUT2D eigenvalue weighted by atomic mass is 16.5. The number of hydrogen-bond acceptors (Lipinski definition) is 12. The number of amides is 9. The molecule has 0 aliphatic heterocycles. The van der Waals surface area contributed by atoms with Gasteiger partial charge in [-0.15, -0.1) is 0 Å². The molecule has 0 heterocycles. The average molecular weight is 1020 g/mol.